The van der Waals surface area contributed by atoms with Gasteiger partial charge < -0.3 is 19.1 Å². The fourth-order valence-corrected chi connectivity index (χ4v) is 2.65. The molecular weight excluding hydrogens is 322 g/mol. The van der Waals surface area contributed by atoms with Gasteiger partial charge in [-0.3, -0.25) is 9.59 Å². The Labute approximate surface area is 145 Å². The van der Waals surface area contributed by atoms with E-state index in [0.29, 0.717) is 25.6 Å². The molecule has 0 radical (unpaired) electrons. The molecule has 8 heteroatoms. The molecule has 1 saturated heterocycles. The lowest BCUT2D eigenvalue weighted by Gasteiger charge is -2.33. The zero-order valence-corrected chi connectivity index (χ0v) is 14.3. The molecule has 1 fully saturated rings. The number of ether oxygens (including phenoxy) is 1. The van der Waals surface area contributed by atoms with Gasteiger partial charge in [0.1, 0.15) is 12.6 Å². The Balaban J connectivity index is 1.70. The molecule has 1 aliphatic rings. The molecule has 132 valence electrons. The predicted molar refractivity (Wildman–Crippen MR) is 92.3 cm³/mol. The Bertz CT molecular complexity index is 805. The van der Waals surface area contributed by atoms with Crippen molar-refractivity contribution in [2.75, 3.05) is 38.7 Å². The van der Waals surface area contributed by atoms with Gasteiger partial charge in [-0.15, -0.1) is 0 Å². The maximum Gasteiger partial charge on any atom is 0.250 e. The lowest BCUT2D eigenvalue weighted by Crippen LogP contribution is -2.44. The van der Waals surface area contributed by atoms with Gasteiger partial charge in [-0.2, -0.15) is 0 Å². The van der Waals surface area contributed by atoms with Crippen LogP contribution in [0.5, 0.6) is 0 Å². The van der Waals surface area contributed by atoms with Crippen LogP contribution in [-0.2, 0) is 16.1 Å². The van der Waals surface area contributed by atoms with E-state index in [1.54, 1.807) is 35.5 Å². The molecule has 1 amide bonds. The van der Waals surface area contributed by atoms with Crippen LogP contribution in [0.3, 0.4) is 0 Å². The lowest BCUT2D eigenvalue weighted by atomic mass is 10.2. The first-order valence-corrected chi connectivity index (χ1v) is 8.09. The fourth-order valence-electron chi connectivity index (χ4n) is 2.65. The minimum absolute atomic E-state index is 0.0269. The third-order valence-corrected chi connectivity index (χ3v) is 4.02. The van der Waals surface area contributed by atoms with Crippen molar-refractivity contribution in [3.8, 4) is 0 Å². The Kier molecular flexibility index (Phi) is 5.08. The van der Waals surface area contributed by atoms with Crippen LogP contribution >= 0.6 is 0 Å². The largest absolute Gasteiger partial charge is 0.368 e. The molecule has 2 aromatic heterocycles. The number of pyridine rings is 1. The molecule has 25 heavy (non-hydrogen) atoms. The Morgan fingerprint density at radius 1 is 1.36 bits per heavy atom. The second-order valence-corrected chi connectivity index (χ2v) is 6.04. The summed E-state index contributed by atoms with van der Waals surface area (Å²) in [5.74, 6) is 0.490. The highest BCUT2D eigenvalue weighted by Crippen LogP contribution is 2.21. The maximum atomic E-state index is 12.5. The van der Waals surface area contributed by atoms with Crippen molar-refractivity contribution in [3.63, 3.8) is 0 Å². The molecule has 1 aliphatic heterocycles. The second-order valence-electron chi connectivity index (χ2n) is 6.04. The number of amides is 1. The van der Waals surface area contributed by atoms with Crippen LogP contribution in [-0.4, -0.2) is 59.1 Å². The Morgan fingerprint density at radius 3 is 2.96 bits per heavy atom. The van der Waals surface area contributed by atoms with Crippen LogP contribution in [0.1, 0.15) is 11.8 Å². The molecule has 3 heterocycles. The first-order valence-electron chi connectivity index (χ1n) is 8.09. The summed E-state index contributed by atoms with van der Waals surface area (Å²) in [5.41, 5.74) is 0.556. The van der Waals surface area contributed by atoms with E-state index in [9.17, 15) is 9.59 Å². The van der Waals surface area contributed by atoms with Crippen molar-refractivity contribution in [1.82, 2.24) is 19.4 Å². The Morgan fingerprint density at radius 2 is 2.20 bits per heavy atom. The third-order valence-electron chi connectivity index (χ3n) is 4.02. The summed E-state index contributed by atoms with van der Waals surface area (Å²) in [7, 11) is 3.74. The SMILES string of the molecule is CN(C)c1nccc([C@@H]2CN(C(=O)Cn3ccccc3=O)CCO2)n1. The topological polar surface area (TPSA) is 80.6 Å². The molecule has 0 saturated carbocycles. The monoisotopic (exact) mass is 343 g/mol. The van der Waals surface area contributed by atoms with E-state index in [-0.39, 0.29) is 24.1 Å². The molecule has 3 rings (SSSR count). The number of anilines is 1. The van der Waals surface area contributed by atoms with Gasteiger partial charge in [-0.1, -0.05) is 6.07 Å². The molecule has 8 nitrogen and oxygen atoms in total. The van der Waals surface area contributed by atoms with Crippen molar-refractivity contribution < 1.29 is 9.53 Å². The summed E-state index contributed by atoms with van der Waals surface area (Å²) in [5, 5.41) is 0. The van der Waals surface area contributed by atoms with Gasteiger partial charge in [0, 0.05) is 39.1 Å². The minimum Gasteiger partial charge on any atom is -0.368 e. The molecule has 0 bridgehead atoms. The van der Waals surface area contributed by atoms with Crippen LogP contribution in [0, 0.1) is 0 Å². The maximum absolute atomic E-state index is 12.5. The second kappa shape index (κ2) is 7.43. The van der Waals surface area contributed by atoms with Gasteiger partial charge in [0.15, 0.2) is 0 Å². The van der Waals surface area contributed by atoms with Crippen LogP contribution < -0.4 is 10.5 Å². The Hall–Kier alpha value is -2.74. The van der Waals surface area contributed by atoms with Gasteiger partial charge in [-0.25, -0.2) is 9.97 Å². The highest BCUT2D eigenvalue weighted by atomic mass is 16.5. The molecule has 0 unspecified atom stereocenters. The highest BCUT2D eigenvalue weighted by molar-refractivity contribution is 5.76. The van der Waals surface area contributed by atoms with E-state index >= 15 is 0 Å². The summed E-state index contributed by atoms with van der Waals surface area (Å²) in [6.07, 6.45) is 3.00. The summed E-state index contributed by atoms with van der Waals surface area (Å²) >= 11 is 0. The third kappa shape index (κ3) is 4.03. The van der Waals surface area contributed by atoms with Crippen molar-refractivity contribution >= 4 is 11.9 Å². The number of carbonyl (C=O) groups is 1. The minimum atomic E-state index is -0.299. The fraction of sp³-hybridized carbons (Fsp3) is 0.412. The van der Waals surface area contributed by atoms with Crippen molar-refractivity contribution in [2.24, 2.45) is 0 Å². The zero-order chi connectivity index (χ0) is 17.8. The number of hydrogen-bond acceptors (Lipinski definition) is 6. The van der Waals surface area contributed by atoms with Crippen LogP contribution in [0.4, 0.5) is 5.95 Å². The number of aromatic nitrogens is 3. The summed E-state index contributed by atoms with van der Waals surface area (Å²) in [6, 6.07) is 6.64. The standard InChI is InChI=1S/C17H21N5O3/c1-20(2)17-18-7-6-13(19-17)14-11-22(9-10-25-14)16(24)12-21-8-4-3-5-15(21)23/h3-8,14H,9-12H2,1-2H3/t14-/m0/s1. The van der Waals surface area contributed by atoms with Gasteiger partial charge >= 0.3 is 0 Å². The van der Waals surface area contributed by atoms with E-state index in [2.05, 4.69) is 9.97 Å². The zero-order valence-electron chi connectivity index (χ0n) is 14.3. The van der Waals surface area contributed by atoms with Gasteiger partial charge in [0.05, 0.1) is 18.8 Å². The molecule has 0 aromatic carbocycles. The normalized spacial score (nSPS) is 17.4. The summed E-state index contributed by atoms with van der Waals surface area (Å²) < 4.78 is 7.19. The van der Waals surface area contributed by atoms with Crippen LogP contribution in [0.15, 0.2) is 41.5 Å². The van der Waals surface area contributed by atoms with E-state index in [1.807, 2.05) is 19.0 Å². The van der Waals surface area contributed by atoms with Gasteiger partial charge in [-0.05, 0) is 12.1 Å². The highest BCUT2D eigenvalue weighted by Gasteiger charge is 2.26. The lowest BCUT2D eigenvalue weighted by molar-refractivity contribution is -0.139. The van der Waals surface area contributed by atoms with Gasteiger partial charge in [0.2, 0.25) is 11.9 Å². The smallest absolute Gasteiger partial charge is 0.250 e. The first kappa shape index (κ1) is 17.1. The number of hydrogen-bond donors (Lipinski definition) is 0. The van der Waals surface area contributed by atoms with E-state index in [0.717, 1.165) is 5.69 Å². The van der Waals surface area contributed by atoms with Crippen molar-refractivity contribution in [1.29, 1.82) is 0 Å². The molecular formula is C17H21N5O3. The number of rotatable bonds is 4. The van der Waals surface area contributed by atoms with E-state index in [1.165, 1.54) is 10.6 Å². The van der Waals surface area contributed by atoms with Crippen molar-refractivity contribution in [2.45, 2.75) is 12.6 Å². The van der Waals surface area contributed by atoms with Crippen LogP contribution in [0.2, 0.25) is 0 Å². The number of nitrogens with zero attached hydrogens (tertiary/aromatic N) is 5. The molecule has 0 N–H and O–H groups in total. The number of carbonyl (C=O) groups excluding carboxylic acids is 1. The summed E-state index contributed by atoms with van der Waals surface area (Å²) in [4.78, 5) is 36.5. The van der Waals surface area contributed by atoms with Gasteiger partial charge in [0.25, 0.3) is 5.56 Å². The molecule has 2 aromatic rings. The quantitative estimate of drug-likeness (QED) is 0.795. The molecule has 0 aliphatic carbocycles. The van der Waals surface area contributed by atoms with E-state index < -0.39 is 0 Å². The number of morpholine rings is 1. The summed E-state index contributed by atoms with van der Waals surface area (Å²) in [6.45, 7) is 1.37. The average Bonchev–Trinajstić information content (AvgIpc) is 2.64. The van der Waals surface area contributed by atoms with Crippen molar-refractivity contribution in [3.05, 3.63) is 52.7 Å². The van der Waals surface area contributed by atoms with Crippen LogP contribution in [0.25, 0.3) is 0 Å². The van der Waals surface area contributed by atoms with E-state index in [4.69, 9.17) is 4.74 Å². The molecule has 0 spiro atoms. The average molecular weight is 343 g/mol. The molecule has 1 atom stereocenters. The first-order chi connectivity index (χ1) is 12.0. The predicted octanol–water partition coefficient (Wildman–Crippen LogP) is 0.304.